The largest absolute Gasteiger partial charge is 0.313 e. The topological polar surface area (TPSA) is 48.5 Å². The zero-order valence-corrected chi connectivity index (χ0v) is 27.5. The predicted octanol–water partition coefficient (Wildman–Crippen LogP) is 11.1. The summed E-state index contributed by atoms with van der Waals surface area (Å²) < 4.78 is 4.95. The molecule has 0 saturated heterocycles. The van der Waals surface area contributed by atoms with Crippen molar-refractivity contribution in [2.24, 2.45) is 0 Å². The molecule has 5 aromatic carbocycles. The Labute approximate surface area is 290 Å². The average Bonchev–Trinajstić information content (AvgIpc) is 3.71. The fraction of sp³-hybridized carbons (Fsp3) is 0.0889. The Balaban J connectivity index is 1.16. The number of hydrogen-bond acceptors (Lipinski definition) is 3. The maximum Gasteiger partial charge on any atom is 0.164 e. The SMILES string of the molecule is C1=CC(n2c3c(c4ccccc42)CCC(n2c4ccccc4c4cc(-c5nc(-c6ccccc6)nc(-c6ccccc6)n5)ccc42)=C3)=CCC1. The number of para-hydroxylation sites is 2. The molecule has 5 nitrogen and oxygen atoms in total. The Hall–Kier alpha value is -6.33. The van der Waals surface area contributed by atoms with E-state index in [1.807, 2.05) is 36.4 Å². The molecule has 2 aliphatic carbocycles. The van der Waals surface area contributed by atoms with Crippen LogP contribution in [0.4, 0.5) is 0 Å². The van der Waals surface area contributed by atoms with Gasteiger partial charge in [0.25, 0.3) is 0 Å². The summed E-state index contributed by atoms with van der Waals surface area (Å²) in [6.45, 7) is 0. The minimum atomic E-state index is 0.663. The first-order valence-electron chi connectivity index (χ1n) is 17.4. The second-order valence-corrected chi connectivity index (χ2v) is 13.1. The second-order valence-electron chi connectivity index (χ2n) is 13.1. The molecule has 8 aromatic rings. The van der Waals surface area contributed by atoms with Gasteiger partial charge in [-0.25, -0.2) is 15.0 Å². The van der Waals surface area contributed by atoms with Crippen LogP contribution in [0.1, 0.15) is 30.5 Å². The van der Waals surface area contributed by atoms with E-state index >= 15 is 0 Å². The number of nitrogens with zero attached hydrogens (tertiary/aromatic N) is 5. The molecule has 50 heavy (non-hydrogen) atoms. The zero-order chi connectivity index (χ0) is 33.0. The number of benzene rings is 5. The maximum atomic E-state index is 5.03. The second kappa shape index (κ2) is 11.7. The van der Waals surface area contributed by atoms with Crippen molar-refractivity contribution >= 4 is 50.2 Å². The normalized spacial score (nSPS) is 14.2. The van der Waals surface area contributed by atoms with E-state index in [-0.39, 0.29) is 0 Å². The van der Waals surface area contributed by atoms with Gasteiger partial charge in [-0.05, 0) is 73.7 Å². The molecule has 0 bridgehead atoms. The molecule has 0 amide bonds. The van der Waals surface area contributed by atoms with Crippen LogP contribution >= 0.6 is 0 Å². The summed E-state index contributed by atoms with van der Waals surface area (Å²) in [5.41, 5.74) is 11.9. The first kappa shape index (κ1) is 28.7. The number of rotatable bonds is 5. The molecule has 10 rings (SSSR count). The first-order valence-corrected chi connectivity index (χ1v) is 17.4. The molecule has 3 aromatic heterocycles. The van der Waals surface area contributed by atoms with E-state index in [9.17, 15) is 0 Å². The quantitative estimate of drug-likeness (QED) is 0.187. The number of fused-ring (bicyclic) bond motifs is 6. The zero-order valence-electron chi connectivity index (χ0n) is 27.5. The Morgan fingerprint density at radius 1 is 0.480 bits per heavy atom. The molecule has 2 aliphatic rings. The van der Waals surface area contributed by atoms with Crippen LogP contribution in [0.25, 0.3) is 84.3 Å². The van der Waals surface area contributed by atoms with Crippen LogP contribution in [-0.2, 0) is 6.42 Å². The van der Waals surface area contributed by atoms with Gasteiger partial charge in [0.05, 0.1) is 22.2 Å². The van der Waals surface area contributed by atoms with Crippen LogP contribution in [0.2, 0.25) is 0 Å². The number of allylic oxidation sites excluding steroid dienone is 5. The van der Waals surface area contributed by atoms with Gasteiger partial charge >= 0.3 is 0 Å². The highest BCUT2D eigenvalue weighted by Gasteiger charge is 2.24. The predicted molar refractivity (Wildman–Crippen MR) is 206 cm³/mol. The van der Waals surface area contributed by atoms with Gasteiger partial charge in [-0.2, -0.15) is 0 Å². The third-order valence-corrected chi connectivity index (χ3v) is 10.1. The van der Waals surface area contributed by atoms with Gasteiger partial charge in [-0.3, -0.25) is 0 Å². The Morgan fingerprint density at radius 3 is 1.76 bits per heavy atom. The molecule has 0 aliphatic heterocycles. The monoisotopic (exact) mass is 643 g/mol. The fourth-order valence-corrected chi connectivity index (χ4v) is 7.80. The lowest BCUT2D eigenvalue weighted by atomic mass is 9.98. The summed E-state index contributed by atoms with van der Waals surface area (Å²) in [6.07, 6.45) is 13.5. The molecule has 3 heterocycles. The molecule has 5 heteroatoms. The fourth-order valence-electron chi connectivity index (χ4n) is 7.80. The van der Waals surface area contributed by atoms with Gasteiger partial charge in [0.15, 0.2) is 17.5 Å². The van der Waals surface area contributed by atoms with E-state index in [1.54, 1.807) is 0 Å². The molecule has 0 atom stereocenters. The maximum absolute atomic E-state index is 5.03. The Bertz CT molecular complexity index is 2630. The van der Waals surface area contributed by atoms with Gasteiger partial charge in [-0.1, -0.05) is 109 Å². The highest BCUT2D eigenvalue weighted by molar-refractivity contribution is 6.12. The van der Waals surface area contributed by atoms with Crippen LogP contribution in [0.5, 0.6) is 0 Å². The molecular formula is C45H33N5. The van der Waals surface area contributed by atoms with E-state index in [2.05, 4.69) is 124 Å². The minimum absolute atomic E-state index is 0.663. The summed E-state index contributed by atoms with van der Waals surface area (Å²) in [7, 11) is 0. The van der Waals surface area contributed by atoms with Crippen LogP contribution in [0.3, 0.4) is 0 Å². The van der Waals surface area contributed by atoms with Crippen molar-refractivity contribution in [3.05, 3.63) is 157 Å². The molecule has 0 unspecified atom stereocenters. The van der Waals surface area contributed by atoms with Crippen molar-refractivity contribution in [3.8, 4) is 34.2 Å². The van der Waals surface area contributed by atoms with Gasteiger partial charge in [0.1, 0.15) is 0 Å². The highest BCUT2D eigenvalue weighted by Crippen LogP contribution is 2.41. The molecule has 0 N–H and O–H groups in total. The molecule has 0 saturated carbocycles. The summed E-state index contributed by atoms with van der Waals surface area (Å²) >= 11 is 0. The van der Waals surface area contributed by atoms with Crippen LogP contribution < -0.4 is 0 Å². The lowest BCUT2D eigenvalue weighted by molar-refractivity contribution is 0.935. The molecular weight excluding hydrogens is 611 g/mol. The van der Waals surface area contributed by atoms with E-state index in [0.29, 0.717) is 17.5 Å². The van der Waals surface area contributed by atoms with Crippen molar-refractivity contribution in [2.75, 3.05) is 0 Å². The van der Waals surface area contributed by atoms with E-state index < -0.39 is 0 Å². The van der Waals surface area contributed by atoms with Gasteiger partial charge in [-0.15, -0.1) is 0 Å². The van der Waals surface area contributed by atoms with Crippen LogP contribution in [-0.4, -0.2) is 24.1 Å². The Kier molecular flexibility index (Phi) is 6.69. The lowest BCUT2D eigenvalue weighted by Gasteiger charge is -2.20. The van der Waals surface area contributed by atoms with E-state index in [0.717, 1.165) is 42.4 Å². The third-order valence-electron chi connectivity index (χ3n) is 10.1. The number of aromatic nitrogens is 5. The molecule has 0 spiro atoms. The van der Waals surface area contributed by atoms with Crippen molar-refractivity contribution in [3.63, 3.8) is 0 Å². The van der Waals surface area contributed by atoms with Gasteiger partial charge in [0.2, 0.25) is 0 Å². The molecule has 0 radical (unpaired) electrons. The Morgan fingerprint density at radius 2 is 1.08 bits per heavy atom. The number of aryl methyl sites for hydroxylation is 1. The third kappa shape index (κ3) is 4.66. The standard InChI is InChI=1S/C45H33N5/c1-4-14-30(15-5-1)43-46-44(31-16-6-2-7-17-31)48-45(47-43)32-24-27-41-38(28-32)36-21-11-13-23-40(36)50(41)34-25-26-37-35-20-10-12-22-39(35)49(42(37)29-34)33-18-8-3-9-19-33/h1-2,4-8,10-24,27-29H,3,9,25-26H2. The lowest BCUT2D eigenvalue weighted by Crippen LogP contribution is -2.07. The van der Waals surface area contributed by atoms with Crippen molar-refractivity contribution in [1.29, 1.82) is 0 Å². The average molecular weight is 644 g/mol. The highest BCUT2D eigenvalue weighted by atomic mass is 15.0. The molecule has 238 valence electrons. The van der Waals surface area contributed by atoms with E-state index in [4.69, 9.17) is 15.0 Å². The summed E-state index contributed by atoms with van der Waals surface area (Å²) in [4.78, 5) is 15.0. The summed E-state index contributed by atoms with van der Waals surface area (Å²) in [5.74, 6) is 1.99. The molecule has 0 fully saturated rings. The van der Waals surface area contributed by atoms with E-state index in [1.165, 1.54) is 55.4 Å². The minimum Gasteiger partial charge on any atom is -0.313 e. The smallest absolute Gasteiger partial charge is 0.164 e. The van der Waals surface area contributed by atoms with Crippen LogP contribution in [0, 0.1) is 0 Å². The van der Waals surface area contributed by atoms with Crippen molar-refractivity contribution in [1.82, 2.24) is 24.1 Å². The van der Waals surface area contributed by atoms with Crippen LogP contribution in [0.15, 0.2) is 146 Å². The van der Waals surface area contributed by atoms with Gasteiger partial charge in [0, 0.05) is 44.2 Å². The summed E-state index contributed by atoms with van der Waals surface area (Å²) in [5, 5.41) is 3.76. The first-order chi connectivity index (χ1) is 24.8. The summed E-state index contributed by atoms with van der Waals surface area (Å²) in [6, 6.07) is 44.6. The van der Waals surface area contributed by atoms with Crippen molar-refractivity contribution in [2.45, 2.75) is 25.7 Å². The van der Waals surface area contributed by atoms with Gasteiger partial charge < -0.3 is 9.13 Å². The number of hydrogen-bond donors (Lipinski definition) is 0. The van der Waals surface area contributed by atoms with Crippen molar-refractivity contribution < 1.29 is 0 Å².